The Kier molecular flexibility index (Phi) is 5.98. The van der Waals surface area contributed by atoms with E-state index in [1.807, 2.05) is 0 Å². The standard InChI is InChI=1S/C10H20N2O4/c1-7(4-3-5-11)8(13)12-6-10(2,16)9(14)15/h7,16H,3-6,11H2,1-2H3,(H,12,13)(H,14,15). The largest absolute Gasteiger partial charge is 0.479 e. The molecule has 94 valence electrons. The molecule has 0 aromatic heterocycles. The third-order valence-electron chi connectivity index (χ3n) is 2.36. The van der Waals surface area contributed by atoms with Crippen molar-refractivity contribution in [1.82, 2.24) is 5.32 Å². The molecule has 0 aromatic rings. The maximum absolute atomic E-state index is 11.5. The van der Waals surface area contributed by atoms with E-state index in [1.165, 1.54) is 0 Å². The minimum absolute atomic E-state index is 0.229. The van der Waals surface area contributed by atoms with E-state index >= 15 is 0 Å². The molecule has 0 spiro atoms. The third-order valence-corrected chi connectivity index (χ3v) is 2.36. The molecule has 16 heavy (non-hydrogen) atoms. The van der Waals surface area contributed by atoms with Gasteiger partial charge < -0.3 is 21.3 Å². The average Bonchev–Trinajstić information content (AvgIpc) is 2.22. The zero-order valence-corrected chi connectivity index (χ0v) is 9.69. The van der Waals surface area contributed by atoms with Crippen LogP contribution in [-0.4, -0.2) is 40.8 Å². The minimum atomic E-state index is -1.93. The molecule has 1 amide bonds. The minimum Gasteiger partial charge on any atom is -0.479 e. The van der Waals surface area contributed by atoms with Crippen molar-refractivity contribution in [3.05, 3.63) is 0 Å². The maximum Gasteiger partial charge on any atom is 0.337 e. The summed E-state index contributed by atoms with van der Waals surface area (Å²) in [7, 11) is 0. The number of aliphatic hydroxyl groups is 1. The van der Waals surface area contributed by atoms with Crippen LogP contribution in [-0.2, 0) is 9.59 Å². The van der Waals surface area contributed by atoms with Crippen LogP contribution in [0.5, 0.6) is 0 Å². The molecule has 0 radical (unpaired) electrons. The number of carboxylic acid groups (broad SMARTS) is 1. The number of carbonyl (C=O) groups excluding carboxylic acids is 1. The summed E-state index contributed by atoms with van der Waals surface area (Å²) in [5, 5.41) is 20.4. The molecule has 5 N–H and O–H groups in total. The monoisotopic (exact) mass is 232 g/mol. The molecule has 0 saturated heterocycles. The van der Waals surface area contributed by atoms with Crippen molar-refractivity contribution >= 4 is 11.9 Å². The summed E-state index contributed by atoms with van der Waals surface area (Å²) in [6.07, 6.45) is 1.39. The van der Waals surface area contributed by atoms with E-state index < -0.39 is 11.6 Å². The molecule has 6 nitrogen and oxygen atoms in total. The number of rotatable bonds is 7. The summed E-state index contributed by atoms with van der Waals surface area (Å²) in [6, 6.07) is 0. The summed E-state index contributed by atoms with van der Waals surface area (Å²) >= 11 is 0. The number of carboxylic acids is 1. The first-order chi connectivity index (χ1) is 7.31. The Bertz CT molecular complexity index is 253. The normalized spacial score (nSPS) is 16.2. The lowest BCUT2D eigenvalue weighted by Crippen LogP contribution is -2.47. The van der Waals surface area contributed by atoms with Crippen LogP contribution in [0.4, 0.5) is 0 Å². The molecule has 0 rings (SSSR count). The lowest BCUT2D eigenvalue weighted by atomic mass is 10.0. The molecule has 0 aromatic carbocycles. The molecular formula is C10H20N2O4. The van der Waals surface area contributed by atoms with Crippen molar-refractivity contribution in [2.45, 2.75) is 32.3 Å². The summed E-state index contributed by atoms with van der Waals surface area (Å²) in [5.74, 6) is -1.86. The number of hydrogen-bond acceptors (Lipinski definition) is 4. The van der Waals surface area contributed by atoms with Crippen molar-refractivity contribution in [3.63, 3.8) is 0 Å². The van der Waals surface area contributed by atoms with Crippen LogP contribution in [0.2, 0.25) is 0 Å². The van der Waals surface area contributed by atoms with Gasteiger partial charge in [-0.15, -0.1) is 0 Å². The van der Waals surface area contributed by atoms with Gasteiger partial charge in [0, 0.05) is 5.92 Å². The molecular weight excluding hydrogens is 212 g/mol. The quantitative estimate of drug-likeness (QED) is 0.464. The van der Waals surface area contributed by atoms with Crippen LogP contribution in [0.3, 0.4) is 0 Å². The van der Waals surface area contributed by atoms with Gasteiger partial charge in [-0.25, -0.2) is 4.79 Å². The molecule has 6 heteroatoms. The molecule has 0 bridgehead atoms. The third kappa shape index (κ3) is 5.09. The highest BCUT2D eigenvalue weighted by molar-refractivity contribution is 5.81. The lowest BCUT2D eigenvalue weighted by molar-refractivity contribution is -0.156. The Morgan fingerprint density at radius 3 is 2.50 bits per heavy atom. The second-order valence-electron chi connectivity index (χ2n) is 4.13. The maximum atomic E-state index is 11.5. The zero-order chi connectivity index (χ0) is 12.8. The van der Waals surface area contributed by atoms with E-state index in [-0.39, 0.29) is 18.4 Å². The number of nitrogens with one attached hydrogen (secondary N) is 1. The zero-order valence-electron chi connectivity index (χ0n) is 9.69. The first kappa shape index (κ1) is 14.9. The van der Waals surface area contributed by atoms with Crippen molar-refractivity contribution in [2.75, 3.05) is 13.1 Å². The Balaban J connectivity index is 4.02. The van der Waals surface area contributed by atoms with Crippen LogP contribution in [0, 0.1) is 5.92 Å². The van der Waals surface area contributed by atoms with Crippen LogP contribution in [0.1, 0.15) is 26.7 Å². The molecule has 0 aliphatic carbocycles. The van der Waals surface area contributed by atoms with Gasteiger partial charge in [-0.2, -0.15) is 0 Å². The van der Waals surface area contributed by atoms with Crippen molar-refractivity contribution in [1.29, 1.82) is 0 Å². The highest BCUT2D eigenvalue weighted by Gasteiger charge is 2.30. The Labute approximate surface area is 94.8 Å². The Hall–Kier alpha value is -1.14. The first-order valence-electron chi connectivity index (χ1n) is 5.25. The van der Waals surface area contributed by atoms with Gasteiger partial charge in [0.2, 0.25) is 5.91 Å². The van der Waals surface area contributed by atoms with Gasteiger partial charge in [-0.05, 0) is 26.3 Å². The fourth-order valence-electron chi connectivity index (χ4n) is 1.06. The molecule has 2 unspecified atom stereocenters. The highest BCUT2D eigenvalue weighted by Crippen LogP contribution is 2.06. The predicted octanol–water partition coefficient (Wildman–Crippen LogP) is -0.687. The van der Waals surface area contributed by atoms with Gasteiger partial charge in [0.05, 0.1) is 6.54 Å². The van der Waals surface area contributed by atoms with E-state index in [0.717, 1.165) is 13.3 Å². The first-order valence-corrected chi connectivity index (χ1v) is 5.25. The predicted molar refractivity (Wildman–Crippen MR) is 58.7 cm³/mol. The molecule has 0 fully saturated rings. The average molecular weight is 232 g/mol. The highest BCUT2D eigenvalue weighted by atomic mass is 16.4. The van der Waals surface area contributed by atoms with Gasteiger partial charge in [-0.1, -0.05) is 6.92 Å². The number of carbonyl (C=O) groups is 2. The Morgan fingerprint density at radius 2 is 2.06 bits per heavy atom. The smallest absolute Gasteiger partial charge is 0.337 e. The number of amides is 1. The molecule has 0 aliphatic rings. The molecule has 0 saturated carbocycles. The fraction of sp³-hybridized carbons (Fsp3) is 0.800. The van der Waals surface area contributed by atoms with E-state index in [2.05, 4.69) is 5.32 Å². The van der Waals surface area contributed by atoms with Gasteiger partial charge in [0.25, 0.3) is 0 Å². The van der Waals surface area contributed by atoms with Gasteiger partial charge >= 0.3 is 5.97 Å². The van der Waals surface area contributed by atoms with Crippen LogP contribution < -0.4 is 11.1 Å². The second kappa shape index (κ2) is 6.44. The summed E-state index contributed by atoms with van der Waals surface area (Å²) in [5.41, 5.74) is 3.38. The fourth-order valence-corrected chi connectivity index (χ4v) is 1.06. The topological polar surface area (TPSA) is 113 Å². The van der Waals surface area contributed by atoms with Gasteiger partial charge in [0.1, 0.15) is 0 Å². The van der Waals surface area contributed by atoms with Crippen molar-refractivity contribution in [3.8, 4) is 0 Å². The summed E-state index contributed by atoms with van der Waals surface area (Å²) in [4.78, 5) is 22.0. The van der Waals surface area contributed by atoms with Crippen LogP contribution >= 0.6 is 0 Å². The van der Waals surface area contributed by atoms with E-state index in [0.29, 0.717) is 13.0 Å². The van der Waals surface area contributed by atoms with Crippen LogP contribution in [0.15, 0.2) is 0 Å². The second-order valence-corrected chi connectivity index (χ2v) is 4.13. The van der Waals surface area contributed by atoms with Crippen LogP contribution in [0.25, 0.3) is 0 Å². The summed E-state index contributed by atoms with van der Waals surface area (Å²) in [6.45, 7) is 3.10. The number of nitrogens with two attached hydrogens (primary N) is 1. The van der Waals surface area contributed by atoms with E-state index in [1.54, 1.807) is 6.92 Å². The number of aliphatic carboxylic acids is 1. The molecule has 0 aliphatic heterocycles. The van der Waals surface area contributed by atoms with E-state index in [9.17, 15) is 14.7 Å². The lowest BCUT2D eigenvalue weighted by Gasteiger charge is -2.19. The van der Waals surface area contributed by atoms with Crippen molar-refractivity contribution in [2.24, 2.45) is 11.7 Å². The van der Waals surface area contributed by atoms with E-state index in [4.69, 9.17) is 10.8 Å². The van der Waals surface area contributed by atoms with Gasteiger partial charge in [-0.3, -0.25) is 4.79 Å². The molecule has 2 atom stereocenters. The SMILES string of the molecule is CC(CCCN)C(=O)NCC(C)(O)C(=O)O. The Morgan fingerprint density at radius 1 is 1.50 bits per heavy atom. The van der Waals surface area contributed by atoms with Crippen molar-refractivity contribution < 1.29 is 19.8 Å². The molecule has 0 heterocycles. The van der Waals surface area contributed by atoms with Gasteiger partial charge in [0.15, 0.2) is 5.60 Å². The number of hydrogen-bond donors (Lipinski definition) is 4. The summed E-state index contributed by atoms with van der Waals surface area (Å²) < 4.78 is 0.